The SMILES string of the molecule is CSCc1ccc(NC(=O)[C@H]2CCN[C@@H](C)C2)cc1.Cl. The van der Waals surface area contributed by atoms with Crippen molar-refractivity contribution in [1.29, 1.82) is 0 Å². The smallest absolute Gasteiger partial charge is 0.227 e. The largest absolute Gasteiger partial charge is 0.326 e. The van der Waals surface area contributed by atoms with E-state index in [-0.39, 0.29) is 24.2 Å². The van der Waals surface area contributed by atoms with Gasteiger partial charge >= 0.3 is 0 Å². The topological polar surface area (TPSA) is 41.1 Å². The van der Waals surface area contributed by atoms with Gasteiger partial charge in [-0.15, -0.1) is 12.4 Å². The lowest BCUT2D eigenvalue weighted by atomic mass is 9.92. The van der Waals surface area contributed by atoms with Gasteiger partial charge in [-0.05, 0) is 50.3 Å². The third-order valence-corrected chi connectivity index (χ3v) is 4.15. The fourth-order valence-corrected chi connectivity index (χ4v) is 2.99. The van der Waals surface area contributed by atoms with E-state index in [1.165, 1.54) is 5.56 Å². The van der Waals surface area contributed by atoms with Gasteiger partial charge in [0, 0.05) is 23.4 Å². The molecule has 0 saturated carbocycles. The second-order valence-corrected chi connectivity index (χ2v) is 6.06. The molecule has 1 amide bonds. The first-order chi connectivity index (χ1) is 9.19. The zero-order chi connectivity index (χ0) is 13.7. The minimum absolute atomic E-state index is 0. The van der Waals surface area contributed by atoms with E-state index in [0.717, 1.165) is 30.8 Å². The third kappa shape index (κ3) is 5.00. The molecule has 1 fully saturated rings. The molecule has 0 bridgehead atoms. The molecule has 112 valence electrons. The molecule has 0 unspecified atom stereocenters. The Labute approximate surface area is 131 Å². The van der Waals surface area contributed by atoms with Crippen molar-refractivity contribution in [3.05, 3.63) is 29.8 Å². The predicted molar refractivity (Wildman–Crippen MR) is 89.7 cm³/mol. The Morgan fingerprint density at radius 2 is 2.10 bits per heavy atom. The van der Waals surface area contributed by atoms with Crippen LogP contribution in [0.3, 0.4) is 0 Å². The minimum atomic E-state index is 0. The number of hydrogen-bond acceptors (Lipinski definition) is 3. The Kier molecular flexibility index (Phi) is 7.41. The summed E-state index contributed by atoms with van der Waals surface area (Å²) in [4.78, 5) is 12.2. The molecular formula is C15H23ClN2OS. The van der Waals surface area contributed by atoms with E-state index in [0.29, 0.717) is 6.04 Å². The van der Waals surface area contributed by atoms with Crippen LogP contribution in [0.25, 0.3) is 0 Å². The van der Waals surface area contributed by atoms with E-state index >= 15 is 0 Å². The van der Waals surface area contributed by atoms with Crippen LogP contribution in [0.5, 0.6) is 0 Å². The van der Waals surface area contributed by atoms with Crippen molar-refractivity contribution in [2.75, 3.05) is 18.1 Å². The first-order valence-electron chi connectivity index (χ1n) is 6.81. The van der Waals surface area contributed by atoms with Gasteiger partial charge in [-0.3, -0.25) is 4.79 Å². The van der Waals surface area contributed by atoms with Gasteiger partial charge in [0.25, 0.3) is 0 Å². The fourth-order valence-electron chi connectivity index (χ4n) is 2.47. The first kappa shape index (κ1) is 17.3. The van der Waals surface area contributed by atoms with Crippen molar-refractivity contribution in [3.8, 4) is 0 Å². The molecule has 2 atom stereocenters. The molecule has 0 aromatic heterocycles. The summed E-state index contributed by atoms with van der Waals surface area (Å²) in [5.41, 5.74) is 2.20. The predicted octanol–water partition coefficient (Wildman–Crippen LogP) is 3.30. The second-order valence-electron chi connectivity index (χ2n) is 5.20. The highest BCUT2D eigenvalue weighted by Gasteiger charge is 2.24. The van der Waals surface area contributed by atoms with Gasteiger partial charge < -0.3 is 10.6 Å². The van der Waals surface area contributed by atoms with Crippen molar-refractivity contribution in [2.24, 2.45) is 5.92 Å². The quantitative estimate of drug-likeness (QED) is 0.896. The van der Waals surface area contributed by atoms with Crippen LogP contribution in [0, 0.1) is 5.92 Å². The van der Waals surface area contributed by atoms with Crippen LogP contribution in [0.4, 0.5) is 5.69 Å². The Morgan fingerprint density at radius 1 is 1.40 bits per heavy atom. The van der Waals surface area contributed by atoms with Crippen LogP contribution in [0.2, 0.25) is 0 Å². The van der Waals surface area contributed by atoms with Crippen LogP contribution in [0.15, 0.2) is 24.3 Å². The maximum Gasteiger partial charge on any atom is 0.227 e. The van der Waals surface area contributed by atoms with Gasteiger partial charge in [-0.1, -0.05) is 12.1 Å². The summed E-state index contributed by atoms with van der Waals surface area (Å²) in [7, 11) is 0. The summed E-state index contributed by atoms with van der Waals surface area (Å²) in [5.74, 6) is 1.31. The number of halogens is 1. The van der Waals surface area contributed by atoms with Crippen molar-refractivity contribution in [3.63, 3.8) is 0 Å². The summed E-state index contributed by atoms with van der Waals surface area (Å²) < 4.78 is 0. The minimum Gasteiger partial charge on any atom is -0.326 e. The van der Waals surface area contributed by atoms with E-state index in [2.05, 4.69) is 35.9 Å². The lowest BCUT2D eigenvalue weighted by Crippen LogP contribution is -2.40. The molecule has 1 aromatic carbocycles. The molecule has 0 aliphatic carbocycles. The Bertz CT molecular complexity index is 424. The van der Waals surface area contributed by atoms with Gasteiger partial charge in [-0.25, -0.2) is 0 Å². The molecule has 0 radical (unpaired) electrons. The molecule has 1 aliphatic rings. The van der Waals surface area contributed by atoms with E-state index in [9.17, 15) is 4.79 Å². The number of carbonyl (C=O) groups excluding carboxylic acids is 1. The van der Waals surface area contributed by atoms with Gasteiger partial charge in [0.15, 0.2) is 0 Å². The molecule has 2 rings (SSSR count). The normalized spacial score (nSPS) is 21.9. The molecule has 3 nitrogen and oxygen atoms in total. The molecule has 1 aromatic rings. The number of thioether (sulfide) groups is 1. The highest BCUT2D eigenvalue weighted by molar-refractivity contribution is 7.97. The standard InChI is InChI=1S/C15H22N2OS.ClH/c1-11-9-13(7-8-16-11)15(18)17-14-5-3-12(4-6-14)10-19-2;/h3-6,11,13,16H,7-10H2,1-2H3,(H,17,18);1H/t11-,13-;/m0./s1. The zero-order valence-electron chi connectivity index (χ0n) is 12.0. The van der Waals surface area contributed by atoms with Gasteiger partial charge in [0.05, 0.1) is 0 Å². The van der Waals surface area contributed by atoms with Gasteiger partial charge in [0.1, 0.15) is 0 Å². The van der Waals surface area contributed by atoms with Crippen LogP contribution < -0.4 is 10.6 Å². The highest BCUT2D eigenvalue weighted by atomic mass is 35.5. The maximum atomic E-state index is 12.2. The number of piperidine rings is 1. The summed E-state index contributed by atoms with van der Waals surface area (Å²) in [6, 6.07) is 8.59. The number of anilines is 1. The highest BCUT2D eigenvalue weighted by Crippen LogP contribution is 2.19. The summed E-state index contributed by atoms with van der Waals surface area (Å²) >= 11 is 1.80. The number of rotatable bonds is 4. The average molecular weight is 315 g/mol. The van der Waals surface area contributed by atoms with Crippen LogP contribution in [-0.2, 0) is 10.5 Å². The Morgan fingerprint density at radius 3 is 2.70 bits per heavy atom. The number of nitrogens with one attached hydrogen (secondary N) is 2. The molecule has 2 N–H and O–H groups in total. The van der Waals surface area contributed by atoms with Crippen LogP contribution in [0.1, 0.15) is 25.3 Å². The van der Waals surface area contributed by atoms with Gasteiger partial charge in [-0.2, -0.15) is 11.8 Å². The first-order valence-corrected chi connectivity index (χ1v) is 8.20. The number of amides is 1. The summed E-state index contributed by atoms with van der Waals surface area (Å²) in [6.07, 6.45) is 3.95. The van der Waals surface area contributed by atoms with Crippen molar-refractivity contribution in [2.45, 2.75) is 31.6 Å². The molecule has 5 heteroatoms. The van der Waals surface area contributed by atoms with Crippen molar-refractivity contribution in [1.82, 2.24) is 5.32 Å². The number of hydrogen-bond donors (Lipinski definition) is 2. The summed E-state index contributed by atoms with van der Waals surface area (Å²) in [6.45, 7) is 3.07. The molecule has 1 aliphatic heterocycles. The summed E-state index contributed by atoms with van der Waals surface area (Å²) in [5, 5.41) is 6.40. The monoisotopic (exact) mass is 314 g/mol. The Hall–Kier alpha value is -0.710. The molecule has 1 heterocycles. The second kappa shape index (κ2) is 8.55. The van der Waals surface area contributed by atoms with Crippen molar-refractivity contribution < 1.29 is 4.79 Å². The lowest BCUT2D eigenvalue weighted by molar-refractivity contribution is -0.120. The van der Waals surface area contributed by atoms with Crippen LogP contribution >= 0.6 is 24.2 Å². The third-order valence-electron chi connectivity index (χ3n) is 3.53. The van der Waals surface area contributed by atoms with E-state index < -0.39 is 0 Å². The van der Waals surface area contributed by atoms with E-state index in [1.807, 2.05) is 12.1 Å². The molecular weight excluding hydrogens is 292 g/mol. The average Bonchev–Trinajstić information content (AvgIpc) is 2.41. The lowest BCUT2D eigenvalue weighted by Gasteiger charge is -2.27. The van der Waals surface area contributed by atoms with Crippen molar-refractivity contribution >= 4 is 35.8 Å². The van der Waals surface area contributed by atoms with E-state index in [1.54, 1.807) is 11.8 Å². The molecule has 20 heavy (non-hydrogen) atoms. The van der Waals surface area contributed by atoms with Crippen LogP contribution in [-0.4, -0.2) is 24.7 Å². The molecule has 1 saturated heterocycles. The zero-order valence-corrected chi connectivity index (χ0v) is 13.7. The Balaban J connectivity index is 0.00000200. The van der Waals surface area contributed by atoms with E-state index in [4.69, 9.17) is 0 Å². The van der Waals surface area contributed by atoms with Gasteiger partial charge in [0.2, 0.25) is 5.91 Å². The number of benzene rings is 1. The number of carbonyl (C=O) groups is 1. The fraction of sp³-hybridized carbons (Fsp3) is 0.533. The maximum absolute atomic E-state index is 12.2. The molecule has 0 spiro atoms.